The number of halogens is 4. The Morgan fingerprint density at radius 2 is 0.560 bits per heavy atom. The second-order valence-electron chi connectivity index (χ2n) is 26.9. The molecule has 0 bridgehead atoms. The molecule has 0 radical (unpaired) electrons. The summed E-state index contributed by atoms with van der Waals surface area (Å²) < 4.78 is 62.1. The fourth-order valence-corrected chi connectivity index (χ4v) is 14.1. The second-order valence-corrected chi connectivity index (χ2v) is 28.7. The van der Waals surface area contributed by atoms with Gasteiger partial charge in [0, 0.05) is 82.4 Å². The quantitative estimate of drug-likeness (QED) is 0.00656. The maximum absolute atomic E-state index is 16.7. The van der Waals surface area contributed by atoms with Crippen LogP contribution in [0.15, 0.2) is 168 Å². The van der Waals surface area contributed by atoms with Crippen LogP contribution in [0.2, 0.25) is 0 Å². The van der Waals surface area contributed by atoms with Gasteiger partial charge >= 0.3 is 23.9 Å². The number of ether oxygens (including phenoxy) is 10. The van der Waals surface area contributed by atoms with Crippen LogP contribution in [0.1, 0.15) is 118 Å². The van der Waals surface area contributed by atoms with E-state index in [1.165, 1.54) is 24.3 Å². The molecule has 604 valence electrons. The second kappa shape index (κ2) is 38.4. The molecule has 2 aliphatic heterocycles. The minimum atomic E-state index is -1.73. The van der Waals surface area contributed by atoms with Gasteiger partial charge in [0.05, 0.1) is 48.4 Å². The van der Waals surface area contributed by atoms with Crippen LogP contribution < -0.4 is 18.9 Å². The molecule has 0 spiro atoms. The Bertz CT molecular complexity index is 4760. The Hall–Kier alpha value is -11.4. The highest BCUT2D eigenvalue weighted by Gasteiger charge is 2.48. The zero-order chi connectivity index (χ0) is 83.3. The summed E-state index contributed by atoms with van der Waals surface area (Å²) in [6.07, 6.45) is 1.93. The largest absolute Gasteiger partial charge is 0.460 e. The smallest absolute Gasteiger partial charge is 0.349 e. The van der Waals surface area contributed by atoms with Gasteiger partial charge in [0.25, 0.3) is 23.6 Å². The van der Waals surface area contributed by atoms with Gasteiger partial charge < -0.3 is 57.2 Å². The molecule has 0 fully saturated rings. The van der Waals surface area contributed by atoms with Crippen LogP contribution in [0.5, 0.6) is 46.0 Å². The number of hydrogen-bond donors (Lipinski definition) is 0. The lowest BCUT2D eigenvalue weighted by Crippen LogP contribution is -2.56. The average molecular weight is 1660 g/mol. The molecular weight excluding hydrogens is 1570 g/mol. The van der Waals surface area contributed by atoms with Gasteiger partial charge in [-0.15, -0.1) is 0 Å². The molecule has 2 atom stereocenters. The van der Waals surface area contributed by atoms with E-state index in [2.05, 4.69) is 26.3 Å². The third-order valence-electron chi connectivity index (χ3n) is 19.8. The number of fused-ring (bicyclic) bond motifs is 2. The van der Waals surface area contributed by atoms with Gasteiger partial charge in [0.2, 0.25) is 11.8 Å². The topological polar surface area (TPSA) is 276 Å². The Kier molecular flexibility index (Phi) is 28.3. The minimum absolute atomic E-state index is 0.0247. The fraction of sp³-hybridized carbons (Fsp3) is 0.295. The monoisotopic (exact) mass is 1660 g/mol. The van der Waals surface area contributed by atoms with E-state index in [1.54, 1.807) is 62.4 Å². The summed E-state index contributed by atoms with van der Waals surface area (Å²) in [5.41, 5.74) is 3.06. The minimum Gasteiger partial charge on any atom is -0.460 e. The summed E-state index contributed by atoms with van der Waals surface area (Å²) >= 11 is 23.6. The van der Waals surface area contributed by atoms with Gasteiger partial charge in [-0.3, -0.25) is 38.6 Å². The van der Waals surface area contributed by atoms with Crippen LogP contribution in [-0.2, 0) is 82.9 Å². The Labute approximate surface area is 689 Å². The maximum atomic E-state index is 16.7. The van der Waals surface area contributed by atoms with Crippen molar-refractivity contribution in [2.45, 2.75) is 92.2 Å². The first-order valence-electron chi connectivity index (χ1n) is 37.7. The average Bonchev–Trinajstić information content (AvgIpc) is 0.670. The molecule has 0 saturated heterocycles. The standard InChI is InChI=1S/C88H84Cl4N4O20/c1-11-53-17-25-57(26-18-53)113-67-45-61-71-62(80(98)95(79(61)97)65(33-39-107-15-5)83(101)93(35-41-109-85(103)49(7)89)36-42-110-86(104)50(8)90)47-69(115-59-29-21-55(13-3)22-30-59)75-76-70(116-60-31-23-56(14-4)24-32-60)48-64-72-63(46-68(74(78(72)76)73(67)77(71)75)114-58-27-19-54(12-2)20-28-58)81(99)96(82(64)100)66(34-40-108-16-6)84(102)94(37-43-111-87(105)51(9)91)38-44-112-88(106)52(10)92/h17-32,45-48,65-66H,7-16,33-44H2,1-6H3. The molecule has 0 saturated carbocycles. The number of esters is 4. The van der Waals surface area contributed by atoms with E-state index >= 15 is 28.8 Å². The number of hydrogen-bond acceptors (Lipinski definition) is 20. The molecule has 0 aliphatic carbocycles. The van der Waals surface area contributed by atoms with Gasteiger partial charge in [-0.05, 0) is 135 Å². The number of amides is 6. The third kappa shape index (κ3) is 18.6. The predicted octanol–water partition coefficient (Wildman–Crippen LogP) is 16.8. The molecule has 116 heavy (non-hydrogen) atoms. The molecule has 24 nitrogen and oxygen atoms in total. The zero-order valence-electron chi connectivity index (χ0n) is 64.7. The van der Waals surface area contributed by atoms with Crippen molar-refractivity contribution in [3.63, 3.8) is 0 Å². The van der Waals surface area contributed by atoms with E-state index in [9.17, 15) is 19.2 Å². The van der Waals surface area contributed by atoms with Crippen molar-refractivity contribution in [3.8, 4) is 46.0 Å². The molecule has 0 aromatic heterocycles. The van der Waals surface area contributed by atoms with Gasteiger partial charge in [0.15, 0.2) is 0 Å². The van der Waals surface area contributed by atoms with Crippen molar-refractivity contribution < 1.29 is 95.3 Å². The molecule has 9 aromatic carbocycles. The van der Waals surface area contributed by atoms with Crippen molar-refractivity contribution in [1.82, 2.24) is 19.6 Å². The van der Waals surface area contributed by atoms with Gasteiger partial charge in [0.1, 0.15) is 105 Å². The van der Waals surface area contributed by atoms with Crippen LogP contribution in [0.3, 0.4) is 0 Å². The summed E-state index contributed by atoms with van der Waals surface area (Å²) in [5, 5.41) is -0.929. The summed E-state index contributed by atoms with van der Waals surface area (Å²) in [4.78, 5) is 153. The third-order valence-corrected chi connectivity index (χ3v) is 20.4. The van der Waals surface area contributed by atoms with Crippen molar-refractivity contribution >= 4 is 149 Å². The van der Waals surface area contributed by atoms with Crippen molar-refractivity contribution in [2.75, 3.05) is 79.0 Å². The lowest BCUT2D eigenvalue weighted by Gasteiger charge is -2.37. The highest BCUT2D eigenvalue weighted by atomic mass is 35.5. The van der Waals surface area contributed by atoms with Gasteiger partial charge in [-0.1, -0.05) is 149 Å². The van der Waals surface area contributed by atoms with E-state index in [-0.39, 0.29) is 151 Å². The normalized spacial score (nSPS) is 12.9. The lowest BCUT2D eigenvalue weighted by molar-refractivity contribution is -0.145. The van der Waals surface area contributed by atoms with Gasteiger partial charge in [-0.2, -0.15) is 0 Å². The summed E-state index contributed by atoms with van der Waals surface area (Å²) in [7, 11) is 0. The SMILES string of the molecule is C=C(Cl)C(=O)OCCN(CCOC(=O)C(=C)Cl)C(=O)C(CCOCC)N1C(=O)c2cc(Oc3ccc(CC)cc3)c3c4c(Oc5ccc(CC)cc5)cc5c6c(cc(Oc7ccc(CC)cc7)c(c7c(Oc8ccc(CC)cc8)cc(c2c37)C1=O)c64)C(=O)N(C(CCOCC)C(=O)N(CCOC(=O)C(=C)Cl)CCOC(=O)C(=C)Cl)C5=O. The maximum Gasteiger partial charge on any atom is 0.349 e. The number of rotatable bonds is 40. The van der Waals surface area contributed by atoms with Crippen LogP contribution in [0, 0.1) is 0 Å². The summed E-state index contributed by atoms with van der Waals surface area (Å²) in [6, 6.07) is 31.1. The highest BCUT2D eigenvalue weighted by Crippen LogP contribution is 2.58. The number of carbonyl (C=O) groups is 10. The van der Waals surface area contributed by atoms with Crippen molar-refractivity contribution in [2.24, 2.45) is 0 Å². The molecule has 9 aromatic rings. The molecule has 0 N–H and O–H groups in total. The Morgan fingerprint density at radius 3 is 0.759 bits per heavy atom. The van der Waals surface area contributed by atoms with E-state index in [4.69, 9.17) is 93.8 Å². The molecule has 6 amide bonds. The van der Waals surface area contributed by atoms with Crippen LogP contribution in [-0.4, -0.2) is 170 Å². The Balaban J connectivity index is 1.27. The molecular formula is C88H84Cl4N4O20. The van der Waals surface area contributed by atoms with E-state index in [0.29, 0.717) is 25.7 Å². The molecule has 2 heterocycles. The number of nitrogens with zero attached hydrogens (tertiary/aromatic N) is 4. The number of benzene rings is 9. The number of aryl methyl sites for hydroxylation is 4. The number of imide groups is 2. The van der Waals surface area contributed by atoms with Gasteiger partial charge in [-0.25, -0.2) is 19.2 Å². The van der Waals surface area contributed by atoms with Crippen LogP contribution >= 0.6 is 46.4 Å². The van der Waals surface area contributed by atoms with E-state index in [0.717, 1.165) is 41.9 Å². The first kappa shape index (κ1) is 85.5. The molecule has 2 aliphatic rings. The highest BCUT2D eigenvalue weighted by molar-refractivity contribution is 6.46. The first-order chi connectivity index (χ1) is 55.7. The fourth-order valence-electron chi connectivity index (χ4n) is 13.9. The molecule has 11 rings (SSSR count). The van der Waals surface area contributed by atoms with Crippen LogP contribution in [0.25, 0.3) is 43.1 Å². The Morgan fingerprint density at radius 1 is 0.336 bits per heavy atom. The van der Waals surface area contributed by atoms with E-state index < -0.39 is 144 Å². The van der Waals surface area contributed by atoms with Crippen LogP contribution in [0.4, 0.5) is 0 Å². The van der Waals surface area contributed by atoms with Crippen molar-refractivity contribution in [3.05, 3.63) is 212 Å². The first-order valence-corrected chi connectivity index (χ1v) is 39.3. The predicted molar refractivity (Wildman–Crippen MR) is 439 cm³/mol. The summed E-state index contributed by atoms with van der Waals surface area (Å²) in [6.45, 7) is 21.5. The summed E-state index contributed by atoms with van der Waals surface area (Å²) in [5.74, 6) is -9.00. The molecule has 28 heteroatoms. The lowest BCUT2D eigenvalue weighted by atomic mass is 9.80. The van der Waals surface area contributed by atoms with Crippen molar-refractivity contribution in [1.29, 1.82) is 0 Å². The number of carbonyl (C=O) groups excluding carboxylic acids is 10. The van der Waals surface area contributed by atoms with E-state index in [1.807, 2.05) is 76.2 Å². The molecule has 2 unspecified atom stereocenters. The zero-order valence-corrected chi connectivity index (χ0v) is 67.7.